The third-order valence-electron chi connectivity index (χ3n) is 15.4. The summed E-state index contributed by atoms with van der Waals surface area (Å²) in [4.78, 5) is 63.7. The molecule has 7 rings (SSSR count). The third-order valence-corrected chi connectivity index (χ3v) is 15.4. The second-order valence-corrected chi connectivity index (χ2v) is 21.8. The van der Waals surface area contributed by atoms with Gasteiger partial charge in [-0.05, 0) is 56.6 Å². The normalized spacial score (nSPS) is 13.8. The zero-order valence-electron chi connectivity index (χ0n) is 54.6. The van der Waals surface area contributed by atoms with Gasteiger partial charge in [0.25, 0.3) is 23.6 Å². The molecule has 0 saturated carbocycles. The molecule has 0 unspecified atom stereocenters. The fourth-order valence-electron chi connectivity index (χ4n) is 10.8. The smallest absolute Gasteiger partial charge is 0.261 e. The van der Waals surface area contributed by atoms with Gasteiger partial charge in [-0.15, -0.1) is 0 Å². The SMILES string of the molecule is COCCOCC(COCCOC)OCC(COC(COCCOC)COCCOC)N1C(=O)c2ccc3c4ccc5c6c(ccc(c7ccc(c2c37)C1=O)c64)C(=O)N(C(COC(COCCOC)COCCOC)COC(COCCOC)COCCOC)C5=O. The summed E-state index contributed by atoms with van der Waals surface area (Å²) in [7, 11) is 12.6. The minimum Gasteiger partial charge on any atom is -0.382 e. The Kier molecular flexibility index (Phi) is 33.1. The highest BCUT2D eigenvalue weighted by molar-refractivity contribution is 6.41. The van der Waals surface area contributed by atoms with E-state index in [0.29, 0.717) is 149 Å². The predicted molar refractivity (Wildman–Crippen MR) is 337 cm³/mol. The first-order valence-corrected chi connectivity index (χ1v) is 31.1. The van der Waals surface area contributed by atoms with Crippen LogP contribution in [0.2, 0.25) is 0 Å². The lowest BCUT2D eigenvalue weighted by molar-refractivity contribution is -0.102. The molecule has 26 heteroatoms. The fraction of sp³-hybridized carbons (Fsp3) is 0.636. The van der Waals surface area contributed by atoms with Gasteiger partial charge < -0.3 is 94.7 Å². The Morgan fingerprint density at radius 1 is 0.250 bits per heavy atom. The van der Waals surface area contributed by atoms with Crippen molar-refractivity contribution in [3.05, 3.63) is 70.8 Å². The number of ether oxygens (including phenoxy) is 20. The Morgan fingerprint density at radius 2 is 0.435 bits per heavy atom. The van der Waals surface area contributed by atoms with E-state index in [1.165, 1.54) is 9.80 Å². The molecule has 4 amide bonds. The Bertz CT molecular complexity index is 2580. The summed E-state index contributed by atoms with van der Waals surface area (Å²) >= 11 is 0. The maximum absolute atomic E-state index is 15.3. The molecule has 2 aliphatic rings. The molecule has 512 valence electrons. The molecule has 0 atom stereocenters. The summed E-state index contributed by atoms with van der Waals surface area (Å²) in [5.74, 6) is -2.23. The summed E-state index contributed by atoms with van der Waals surface area (Å²) in [6.07, 6.45) is -2.48. The molecule has 5 aromatic carbocycles. The fourth-order valence-corrected chi connectivity index (χ4v) is 10.8. The molecule has 2 aliphatic heterocycles. The lowest BCUT2D eigenvalue weighted by Gasteiger charge is -2.36. The quantitative estimate of drug-likeness (QED) is 0.0224. The van der Waals surface area contributed by atoms with Crippen molar-refractivity contribution < 1.29 is 114 Å². The number of nitrogens with zero attached hydrogens (tertiary/aromatic N) is 2. The topological polar surface area (TPSA) is 259 Å². The monoisotopic (exact) mass is 1300 g/mol. The zero-order chi connectivity index (χ0) is 65.5. The highest BCUT2D eigenvalue weighted by Gasteiger charge is 2.42. The van der Waals surface area contributed by atoms with Gasteiger partial charge in [-0.25, -0.2) is 0 Å². The van der Waals surface area contributed by atoms with E-state index in [1.807, 2.05) is 24.3 Å². The van der Waals surface area contributed by atoms with Gasteiger partial charge in [-0.2, -0.15) is 0 Å². The van der Waals surface area contributed by atoms with Gasteiger partial charge in [0.05, 0.1) is 197 Å². The number of imide groups is 2. The lowest BCUT2D eigenvalue weighted by Crippen LogP contribution is -2.52. The van der Waals surface area contributed by atoms with Crippen LogP contribution in [0.15, 0.2) is 48.5 Å². The van der Waals surface area contributed by atoms with Crippen LogP contribution >= 0.6 is 0 Å². The molecule has 0 fully saturated rings. The highest BCUT2D eigenvalue weighted by atomic mass is 16.6. The van der Waals surface area contributed by atoms with E-state index in [-0.39, 0.29) is 102 Å². The van der Waals surface area contributed by atoms with Crippen LogP contribution in [0.3, 0.4) is 0 Å². The number of fused-ring (bicyclic) bond motifs is 2. The van der Waals surface area contributed by atoms with E-state index >= 15 is 19.2 Å². The molecule has 92 heavy (non-hydrogen) atoms. The predicted octanol–water partition coefficient (Wildman–Crippen LogP) is 4.51. The minimum absolute atomic E-state index is 0.129. The molecule has 0 N–H and O–H groups in total. The zero-order valence-corrected chi connectivity index (χ0v) is 54.6. The molecule has 5 aromatic rings. The maximum Gasteiger partial charge on any atom is 0.261 e. The number of hydrogen-bond donors (Lipinski definition) is 0. The van der Waals surface area contributed by atoms with Crippen LogP contribution in [0, 0.1) is 0 Å². The van der Waals surface area contributed by atoms with Crippen LogP contribution in [0.4, 0.5) is 0 Å². The number of carbonyl (C=O) groups is 4. The number of amides is 4. The number of rotatable bonds is 54. The number of methoxy groups -OCH3 is 8. The third kappa shape index (κ3) is 20.5. The Labute approximate surface area is 537 Å². The van der Waals surface area contributed by atoms with Crippen LogP contribution < -0.4 is 0 Å². The van der Waals surface area contributed by atoms with Gasteiger partial charge in [0, 0.05) is 89.9 Å². The van der Waals surface area contributed by atoms with Crippen LogP contribution in [0.5, 0.6) is 0 Å². The van der Waals surface area contributed by atoms with E-state index < -0.39 is 60.1 Å². The maximum atomic E-state index is 15.3. The second-order valence-electron chi connectivity index (χ2n) is 21.8. The minimum atomic E-state index is -0.973. The van der Waals surface area contributed by atoms with Crippen LogP contribution in [0.25, 0.3) is 43.1 Å². The van der Waals surface area contributed by atoms with Crippen molar-refractivity contribution in [2.75, 3.05) is 242 Å². The molecule has 0 radical (unpaired) electrons. The van der Waals surface area contributed by atoms with Crippen molar-refractivity contribution in [1.82, 2.24) is 9.80 Å². The standard InChI is InChI=1S/C66H94N2O24/c1-73-17-25-81-37-47(38-82-26-18-74-2)89-33-45(34-90-48(39-83-27-19-75-3)40-84-28-20-76-4)67-63(69)55-13-9-51-53-11-15-57-62-58(16-12-54(60(53)62)52-10-14-56(64(67)70)61(55)59(51)52)66(72)68(65(57)71)46(35-91-49(41-85-29-21-77-5)42-86-30-22-78-6)36-92-50(43-87-31-23-79-7)44-88-32-24-80-8/h9-16,45-50H,17-44H2,1-8H3. The summed E-state index contributed by atoms with van der Waals surface area (Å²) < 4.78 is 115. The summed E-state index contributed by atoms with van der Waals surface area (Å²) in [5, 5.41) is 5.13. The number of hydrogen-bond acceptors (Lipinski definition) is 24. The van der Waals surface area contributed by atoms with Crippen molar-refractivity contribution in [3.8, 4) is 0 Å². The summed E-state index contributed by atoms with van der Waals surface area (Å²) in [6.45, 7) is 5.69. The first-order valence-electron chi connectivity index (χ1n) is 31.1. The molecule has 0 saturated heterocycles. The summed E-state index contributed by atoms with van der Waals surface area (Å²) in [6, 6.07) is 12.4. The van der Waals surface area contributed by atoms with E-state index in [4.69, 9.17) is 94.7 Å². The molecule has 0 aliphatic carbocycles. The van der Waals surface area contributed by atoms with E-state index in [9.17, 15) is 0 Å². The van der Waals surface area contributed by atoms with E-state index in [2.05, 4.69) is 0 Å². The average molecular weight is 1300 g/mol. The van der Waals surface area contributed by atoms with Crippen molar-refractivity contribution in [1.29, 1.82) is 0 Å². The van der Waals surface area contributed by atoms with Crippen molar-refractivity contribution >= 4 is 66.7 Å². The first-order chi connectivity index (χ1) is 45.1. The largest absolute Gasteiger partial charge is 0.382 e. The van der Waals surface area contributed by atoms with Gasteiger partial charge in [0.15, 0.2) is 0 Å². The van der Waals surface area contributed by atoms with Gasteiger partial charge in [-0.1, -0.05) is 24.3 Å². The Morgan fingerprint density at radius 3 is 0.609 bits per heavy atom. The molecule has 2 heterocycles. The Balaban J connectivity index is 1.24. The van der Waals surface area contributed by atoms with Crippen molar-refractivity contribution in [2.45, 2.75) is 36.5 Å². The highest BCUT2D eigenvalue weighted by Crippen LogP contribution is 2.46. The van der Waals surface area contributed by atoms with Crippen LogP contribution in [0.1, 0.15) is 41.4 Å². The lowest BCUT2D eigenvalue weighted by atomic mass is 9.82. The molecular formula is C66H94N2O24. The van der Waals surface area contributed by atoms with Crippen LogP contribution in [-0.4, -0.2) is 312 Å². The van der Waals surface area contributed by atoms with Gasteiger partial charge in [0.1, 0.15) is 24.4 Å². The van der Waals surface area contributed by atoms with Crippen molar-refractivity contribution in [3.63, 3.8) is 0 Å². The van der Waals surface area contributed by atoms with E-state index in [1.54, 1.807) is 81.1 Å². The number of carbonyl (C=O) groups excluding carboxylic acids is 4. The van der Waals surface area contributed by atoms with Gasteiger partial charge in [0.2, 0.25) is 0 Å². The second kappa shape index (κ2) is 41.0. The van der Waals surface area contributed by atoms with E-state index in [0.717, 1.165) is 0 Å². The average Bonchev–Trinajstić information content (AvgIpc) is 0.693. The molecule has 0 aromatic heterocycles. The first kappa shape index (κ1) is 74.3. The molecular weight excluding hydrogens is 1200 g/mol. The molecule has 26 nitrogen and oxygen atoms in total. The molecule has 0 bridgehead atoms. The Hall–Kier alpha value is -5.12. The van der Waals surface area contributed by atoms with Crippen LogP contribution in [-0.2, 0) is 94.7 Å². The van der Waals surface area contributed by atoms with Gasteiger partial charge >= 0.3 is 0 Å². The van der Waals surface area contributed by atoms with Crippen molar-refractivity contribution in [2.24, 2.45) is 0 Å². The number of benzene rings is 5. The molecule has 0 spiro atoms. The van der Waals surface area contributed by atoms with Gasteiger partial charge in [-0.3, -0.25) is 29.0 Å². The summed E-state index contributed by atoms with van der Waals surface area (Å²) in [5.41, 5.74) is 1.15.